The Balaban J connectivity index is 1.33. The number of amides is 2. The van der Waals surface area contributed by atoms with Crippen molar-refractivity contribution in [2.75, 3.05) is 26.8 Å². The topological polar surface area (TPSA) is 169 Å². The molecule has 2 amide bonds. The normalized spacial score (nSPS) is 23.7. The average Bonchev–Trinajstić information content (AvgIpc) is 3.46. The van der Waals surface area contributed by atoms with Crippen LogP contribution < -0.4 is 31.1 Å². The maximum atomic E-state index is 14.2. The zero-order valence-corrected chi connectivity index (χ0v) is 31.8. The van der Waals surface area contributed by atoms with Crippen molar-refractivity contribution in [2.24, 2.45) is 7.05 Å². The molecule has 4 unspecified atom stereocenters. The molecule has 1 saturated carbocycles. The number of benzene rings is 2. The molecule has 2 fully saturated rings. The number of carbonyl (C=O) groups is 2. The van der Waals surface area contributed by atoms with Crippen molar-refractivity contribution >= 4 is 73.6 Å². The minimum Gasteiger partial charge on any atom is -0.503 e. The predicted octanol–water partition coefficient (Wildman–Crippen LogP) is 3.03. The van der Waals surface area contributed by atoms with Gasteiger partial charge < -0.3 is 23.9 Å². The summed E-state index contributed by atoms with van der Waals surface area (Å²) in [4.78, 5) is 70.6. The number of phenols is 1. The van der Waals surface area contributed by atoms with Crippen molar-refractivity contribution in [2.45, 2.75) is 47.6 Å². The van der Waals surface area contributed by atoms with E-state index in [-0.39, 0.29) is 59.2 Å². The van der Waals surface area contributed by atoms with Gasteiger partial charge in [-0.05, 0) is 23.3 Å². The Kier molecular flexibility index (Phi) is 8.83. The first-order valence-corrected chi connectivity index (χ1v) is 18.0. The molecule has 1 N–H and O–H groups in total. The molecule has 52 heavy (non-hydrogen) atoms. The molecule has 2 aliphatic heterocycles. The number of aromatic hydroxyl groups is 1. The van der Waals surface area contributed by atoms with Gasteiger partial charge in [0.2, 0.25) is 0 Å². The van der Waals surface area contributed by atoms with Gasteiger partial charge in [-0.15, -0.1) is 23.2 Å². The lowest BCUT2D eigenvalue weighted by Crippen LogP contribution is -2.59. The van der Waals surface area contributed by atoms with E-state index in [0.717, 1.165) is 9.47 Å². The Hall–Kier alpha value is -4.25. The highest BCUT2D eigenvalue weighted by molar-refractivity contribution is 9.09. The van der Waals surface area contributed by atoms with Gasteiger partial charge in [0.15, 0.2) is 32.7 Å². The van der Waals surface area contributed by atoms with E-state index in [1.165, 1.54) is 47.4 Å². The van der Waals surface area contributed by atoms with Crippen LogP contribution >= 0.6 is 50.7 Å². The number of hydrogen-bond donors (Lipinski definition) is 1. The minimum atomic E-state index is -2.10. The Labute approximate surface area is 317 Å². The second-order valence-corrected chi connectivity index (χ2v) is 14.7. The molecule has 3 aliphatic rings. The summed E-state index contributed by atoms with van der Waals surface area (Å²) in [6.07, 6.45) is 1.27. The number of hydrogen-bond acceptors (Lipinski definition) is 10. The number of likely N-dealkylation sites (tertiary alicyclic amines) is 1. The van der Waals surface area contributed by atoms with Gasteiger partial charge in [0.1, 0.15) is 5.69 Å². The average molecular weight is 841 g/mol. The molecular weight excluding hydrogens is 811 g/mol. The zero-order chi connectivity index (χ0) is 37.6. The number of fused-ring (bicyclic) bond motifs is 5. The van der Waals surface area contributed by atoms with Crippen molar-refractivity contribution < 1.29 is 28.9 Å². The first kappa shape index (κ1) is 36.1. The molecule has 4 aromatic rings. The van der Waals surface area contributed by atoms with Crippen LogP contribution in [0.25, 0.3) is 11.0 Å². The van der Waals surface area contributed by atoms with Crippen LogP contribution in [0.4, 0.5) is 0 Å². The molecule has 7 rings (SSSR count). The molecule has 4 atom stereocenters. The fourth-order valence-electron chi connectivity index (χ4n) is 7.63. The third-order valence-electron chi connectivity index (χ3n) is 10.2. The fourth-order valence-corrected chi connectivity index (χ4v) is 9.26. The monoisotopic (exact) mass is 838 g/mol. The highest BCUT2D eigenvalue weighted by atomic mass is 79.9. The number of nitrogens with zero attached hydrogens (tertiary/aromatic N) is 6. The summed E-state index contributed by atoms with van der Waals surface area (Å²) < 4.78 is 20.9. The lowest BCUT2D eigenvalue weighted by Gasteiger charge is -2.49. The second kappa shape index (κ2) is 12.7. The van der Waals surface area contributed by atoms with Gasteiger partial charge in [-0.2, -0.15) is 0 Å². The number of aryl methyl sites for hydroxylation is 2. The van der Waals surface area contributed by atoms with Gasteiger partial charge >= 0.3 is 11.4 Å². The first-order chi connectivity index (χ1) is 24.7. The van der Waals surface area contributed by atoms with Crippen LogP contribution in [-0.2, 0) is 36.1 Å². The van der Waals surface area contributed by atoms with E-state index in [0.29, 0.717) is 28.1 Å². The van der Waals surface area contributed by atoms with E-state index in [1.54, 1.807) is 25.3 Å². The van der Waals surface area contributed by atoms with Crippen molar-refractivity contribution in [3.63, 3.8) is 0 Å². The Morgan fingerprint density at radius 3 is 2.29 bits per heavy atom. The summed E-state index contributed by atoms with van der Waals surface area (Å²) in [6.45, 7) is -0.307. The Morgan fingerprint density at radius 1 is 0.962 bits per heavy atom. The standard InChI is InChI=1S/C33H30BrCl3N6O9/c1-39-20-12-23(51-3)22(50-2)11-19(20)38-18(27(39)45)6-7-40-30(48)42-8-5-16-21(43(42)31(40)49)13-32(36)28(46)41(14-34)29(47)33(32,37)25(16)15-9-17(35)26(44)24(10-15)52-4/h5,9-12,21,25,44H,6-8,13-14H2,1-4H3. The van der Waals surface area contributed by atoms with Crippen LogP contribution in [0.1, 0.15) is 29.6 Å². The third-order valence-corrected chi connectivity index (χ3v) is 12.4. The molecule has 15 nitrogen and oxygen atoms in total. The molecule has 4 heterocycles. The zero-order valence-electron chi connectivity index (χ0n) is 28.0. The summed E-state index contributed by atoms with van der Waals surface area (Å²) in [5.41, 5.74) is -0.286. The van der Waals surface area contributed by atoms with Crippen molar-refractivity contribution in [1.29, 1.82) is 0 Å². The Bertz CT molecular complexity index is 2440. The van der Waals surface area contributed by atoms with Crippen LogP contribution in [0, 0.1) is 0 Å². The van der Waals surface area contributed by atoms with E-state index >= 15 is 0 Å². The maximum absolute atomic E-state index is 14.2. The number of phenolic OH excluding ortho intramolecular Hbond substituents is 1. The number of ether oxygens (including phenoxy) is 3. The van der Waals surface area contributed by atoms with Crippen LogP contribution in [0.2, 0.25) is 5.02 Å². The fraction of sp³-hybridized carbons (Fsp3) is 0.394. The van der Waals surface area contributed by atoms with Crippen molar-refractivity contribution in [3.05, 3.63) is 83.5 Å². The van der Waals surface area contributed by atoms with Gasteiger partial charge in [-0.1, -0.05) is 33.6 Å². The first-order valence-electron chi connectivity index (χ1n) is 15.8. The summed E-state index contributed by atoms with van der Waals surface area (Å²) in [6, 6.07) is 5.06. The SMILES string of the molecule is COc1cc2nc(CCn3c(=O)n4n(c3=O)C3CC5(Cl)C(=O)N(CBr)C(=O)C5(Cl)C(c5cc(Cl)c(O)c(OC)c5)C3=CC4)c(=O)n(C)c2cc1OC. The molecule has 2 aromatic carbocycles. The minimum absolute atomic E-state index is 0.0261. The number of methoxy groups -OCH3 is 3. The summed E-state index contributed by atoms with van der Waals surface area (Å²) in [7, 11) is 5.85. The second-order valence-electron chi connectivity index (χ2n) is 12.6. The number of aromatic nitrogens is 5. The van der Waals surface area contributed by atoms with Crippen LogP contribution in [0.3, 0.4) is 0 Å². The van der Waals surface area contributed by atoms with Gasteiger partial charge in [0.25, 0.3) is 17.4 Å². The highest BCUT2D eigenvalue weighted by Gasteiger charge is 2.75. The predicted molar refractivity (Wildman–Crippen MR) is 194 cm³/mol. The number of alkyl halides is 3. The van der Waals surface area contributed by atoms with E-state index < -0.39 is 50.5 Å². The van der Waals surface area contributed by atoms with E-state index in [1.807, 2.05) is 0 Å². The molecule has 19 heteroatoms. The largest absolute Gasteiger partial charge is 0.503 e. The van der Waals surface area contributed by atoms with E-state index in [2.05, 4.69) is 20.9 Å². The molecule has 2 aromatic heterocycles. The van der Waals surface area contributed by atoms with E-state index in [4.69, 9.17) is 49.0 Å². The van der Waals surface area contributed by atoms with Gasteiger partial charge in [-0.25, -0.2) is 28.5 Å². The molecular formula is C33H30BrCl3N6O9. The van der Waals surface area contributed by atoms with Crippen molar-refractivity contribution in [3.8, 4) is 23.0 Å². The van der Waals surface area contributed by atoms with Crippen molar-refractivity contribution in [1.82, 2.24) is 28.4 Å². The Morgan fingerprint density at radius 2 is 1.63 bits per heavy atom. The smallest absolute Gasteiger partial charge is 0.347 e. The molecule has 0 radical (unpaired) electrons. The lowest BCUT2D eigenvalue weighted by molar-refractivity contribution is -0.138. The van der Waals surface area contributed by atoms with Gasteiger partial charge in [-0.3, -0.25) is 19.3 Å². The molecule has 1 saturated heterocycles. The maximum Gasteiger partial charge on any atom is 0.347 e. The van der Waals surface area contributed by atoms with Crippen LogP contribution in [0.15, 0.2) is 50.3 Å². The number of rotatable bonds is 8. The molecule has 0 bridgehead atoms. The third kappa shape index (κ3) is 4.83. The van der Waals surface area contributed by atoms with Gasteiger partial charge in [0.05, 0.1) is 55.4 Å². The number of allylic oxidation sites excluding steroid dienone is 2. The van der Waals surface area contributed by atoms with Crippen LogP contribution in [0.5, 0.6) is 23.0 Å². The van der Waals surface area contributed by atoms with Gasteiger partial charge in [0, 0.05) is 44.5 Å². The number of imide groups is 1. The number of halogens is 4. The van der Waals surface area contributed by atoms with Crippen LogP contribution in [-0.4, -0.2) is 81.8 Å². The molecule has 0 spiro atoms. The summed E-state index contributed by atoms with van der Waals surface area (Å²) >= 11 is 24.1. The van der Waals surface area contributed by atoms with E-state index in [9.17, 15) is 29.1 Å². The quantitative estimate of drug-likeness (QED) is 0.121. The molecule has 1 aliphatic carbocycles. The summed E-state index contributed by atoms with van der Waals surface area (Å²) in [5.74, 6) is -2.29. The highest BCUT2D eigenvalue weighted by Crippen LogP contribution is 2.64. The number of carbonyl (C=O) groups excluding carboxylic acids is 2. The summed E-state index contributed by atoms with van der Waals surface area (Å²) in [5, 5.41) is 10.4. The lowest BCUT2D eigenvalue weighted by atomic mass is 9.64. The molecule has 274 valence electrons.